The summed E-state index contributed by atoms with van der Waals surface area (Å²) in [6.07, 6.45) is 5.40. The molecule has 1 aliphatic carbocycles. The van der Waals surface area contributed by atoms with Gasteiger partial charge in [0.1, 0.15) is 0 Å². The van der Waals surface area contributed by atoms with Crippen LogP contribution >= 0.6 is 0 Å². The Bertz CT molecular complexity index is 260. The number of urea groups is 1. The molecule has 4 heteroatoms. The van der Waals surface area contributed by atoms with Crippen LogP contribution in [-0.4, -0.2) is 36.1 Å². The lowest BCUT2D eigenvalue weighted by Crippen LogP contribution is -2.60. The van der Waals surface area contributed by atoms with E-state index in [1.165, 1.54) is 12.8 Å². The largest absolute Gasteiger partial charge is 0.338 e. The summed E-state index contributed by atoms with van der Waals surface area (Å²) in [7, 11) is 0. The summed E-state index contributed by atoms with van der Waals surface area (Å²) in [6, 6.07) is 0.0550. The summed E-state index contributed by atoms with van der Waals surface area (Å²) in [6.45, 7) is 8.45. The molecule has 0 heterocycles. The molecule has 2 amide bonds. The summed E-state index contributed by atoms with van der Waals surface area (Å²) >= 11 is 0. The van der Waals surface area contributed by atoms with Crippen LogP contribution in [0.2, 0.25) is 0 Å². The third-order valence-corrected chi connectivity index (χ3v) is 4.25. The van der Waals surface area contributed by atoms with E-state index in [1.807, 2.05) is 11.8 Å². The van der Waals surface area contributed by atoms with E-state index in [9.17, 15) is 4.79 Å². The van der Waals surface area contributed by atoms with E-state index in [-0.39, 0.29) is 11.6 Å². The van der Waals surface area contributed by atoms with Crippen LogP contribution in [0.25, 0.3) is 0 Å². The molecular weight excluding hydrogens is 226 g/mol. The highest BCUT2D eigenvalue weighted by molar-refractivity contribution is 5.75. The van der Waals surface area contributed by atoms with Crippen LogP contribution in [0.4, 0.5) is 4.79 Å². The summed E-state index contributed by atoms with van der Waals surface area (Å²) in [5.74, 6) is 0.766. The normalized spacial score (nSPS) is 27.9. The zero-order chi connectivity index (χ0) is 13.6. The molecule has 0 radical (unpaired) electrons. The molecule has 0 unspecified atom stereocenters. The molecule has 0 aromatic carbocycles. The predicted octanol–water partition coefficient (Wildman–Crippen LogP) is 2.34. The van der Waals surface area contributed by atoms with Crippen molar-refractivity contribution < 1.29 is 4.79 Å². The van der Waals surface area contributed by atoms with E-state index in [4.69, 9.17) is 5.73 Å². The van der Waals surface area contributed by atoms with Crippen molar-refractivity contribution in [1.82, 2.24) is 10.2 Å². The van der Waals surface area contributed by atoms with Gasteiger partial charge >= 0.3 is 6.03 Å². The number of hydrogen-bond donors (Lipinski definition) is 2. The first-order chi connectivity index (χ1) is 8.59. The molecule has 1 rings (SSSR count). The van der Waals surface area contributed by atoms with Crippen molar-refractivity contribution in [2.24, 2.45) is 11.7 Å². The van der Waals surface area contributed by atoms with E-state index in [2.05, 4.69) is 19.2 Å². The molecular formula is C14H29N3O. The second-order valence-corrected chi connectivity index (χ2v) is 5.59. The second kappa shape index (κ2) is 6.98. The fourth-order valence-electron chi connectivity index (χ4n) is 2.91. The van der Waals surface area contributed by atoms with Crippen molar-refractivity contribution in [2.75, 3.05) is 19.6 Å². The number of carbonyl (C=O) groups is 1. The van der Waals surface area contributed by atoms with Gasteiger partial charge in [-0.2, -0.15) is 0 Å². The fourth-order valence-corrected chi connectivity index (χ4v) is 2.91. The Hall–Kier alpha value is -0.770. The molecule has 1 fully saturated rings. The lowest BCUT2D eigenvalue weighted by atomic mass is 9.76. The lowest BCUT2D eigenvalue weighted by Gasteiger charge is -2.46. The van der Waals surface area contributed by atoms with Crippen LogP contribution in [0.1, 0.15) is 52.9 Å². The summed E-state index contributed by atoms with van der Waals surface area (Å²) in [5, 5.41) is 2.98. The SMILES string of the molecule is CCCNC(=O)N(CC)C1(CN)CCC(C)CC1. The summed E-state index contributed by atoms with van der Waals surface area (Å²) in [5.41, 5.74) is 5.89. The maximum Gasteiger partial charge on any atom is 0.317 e. The van der Waals surface area contributed by atoms with Crippen LogP contribution < -0.4 is 11.1 Å². The molecule has 4 nitrogen and oxygen atoms in total. The van der Waals surface area contributed by atoms with Crippen molar-refractivity contribution in [3.05, 3.63) is 0 Å². The van der Waals surface area contributed by atoms with Gasteiger partial charge in [-0.3, -0.25) is 0 Å². The van der Waals surface area contributed by atoms with Gasteiger partial charge in [0, 0.05) is 19.6 Å². The van der Waals surface area contributed by atoms with Crippen molar-refractivity contribution >= 4 is 6.03 Å². The molecule has 106 valence electrons. The smallest absolute Gasteiger partial charge is 0.317 e. The molecule has 0 atom stereocenters. The topological polar surface area (TPSA) is 58.4 Å². The third-order valence-electron chi connectivity index (χ3n) is 4.25. The zero-order valence-corrected chi connectivity index (χ0v) is 12.2. The Labute approximate surface area is 111 Å². The molecule has 0 aromatic heterocycles. The number of amides is 2. The van der Waals surface area contributed by atoms with Gasteiger partial charge in [0.05, 0.1) is 5.54 Å². The zero-order valence-electron chi connectivity index (χ0n) is 12.2. The van der Waals surface area contributed by atoms with Crippen LogP contribution in [0.3, 0.4) is 0 Å². The van der Waals surface area contributed by atoms with Crippen molar-refractivity contribution in [3.63, 3.8) is 0 Å². The molecule has 0 aromatic rings. The summed E-state index contributed by atoms with van der Waals surface area (Å²) in [4.78, 5) is 14.2. The van der Waals surface area contributed by atoms with Crippen LogP contribution in [0, 0.1) is 5.92 Å². The average molecular weight is 255 g/mol. The highest BCUT2D eigenvalue weighted by Crippen LogP contribution is 2.35. The monoisotopic (exact) mass is 255 g/mol. The van der Waals surface area contributed by atoms with Gasteiger partial charge in [-0.25, -0.2) is 4.79 Å². The van der Waals surface area contributed by atoms with E-state index < -0.39 is 0 Å². The highest BCUT2D eigenvalue weighted by atomic mass is 16.2. The van der Waals surface area contributed by atoms with Gasteiger partial charge < -0.3 is 16.0 Å². The Balaban J connectivity index is 2.73. The van der Waals surface area contributed by atoms with Gasteiger partial charge in [-0.1, -0.05) is 13.8 Å². The second-order valence-electron chi connectivity index (χ2n) is 5.59. The summed E-state index contributed by atoms with van der Waals surface area (Å²) < 4.78 is 0. The first-order valence-electron chi connectivity index (χ1n) is 7.35. The third kappa shape index (κ3) is 3.37. The van der Waals surface area contributed by atoms with E-state index in [0.717, 1.165) is 38.3 Å². The molecule has 3 N–H and O–H groups in total. The number of rotatable bonds is 5. The molecule has 18 heavy (non-hydrogen) atoms. The number of hydrogen-bond acceptors (Lipinski definition) is 2. The van der Waals surface area contributed by atoms with Gasteiger partial charge in [0.2, 0.25) is 0 Å². The Kier molecular flexibility index (Phi) is 5.93. The Morgan fingerprint density at radius 2 is 2.00 bits per heavy atom. The molecule has 0 saturated heterocycles. The molecule has 0 bridgehead atoms. The Morgan fingerprint density at radius 3 is 2.44 bits per heavy atom. The minimum Gasteiger partial charge on any atom is -0.338 e. The minimum atomic E-state index is -0.112. The first kappa shape index (κ1) is 15.3. The number of carbonyl (C=O) groups excluding carboxylic acids is 1. The number of nitrogens with one attached hydrogen (secondary N) is 1. The van der Waals surface area contributed by atoms with Crippen molar-refractivity contribution in [2.45, 2.75) is 58.4 Å². The molecule has 0 aliphatic heterocycles. The van der Waals surface area contributed by atoms with Gasteiger partial charge in [0.15, 0.2) is 0 Å². The van der Waals surface area contributed by atoms with Crippen molar-refractivity contribution in [1.29, 1.82) is 0 Å². The van der Waals surface area contributed by atoms with Crippen LogP contribution in [0.5, 0.6) is 0 Å². The van der Waals surface area contributed by atoms with Gasteiger partial charge in [0.25, 0.3) is 0 Å². The van der Waals surface area contributed by atoms with Crippen LogP contribution in [0.15, 0.2) is 0 Å². The van der Waals surface area contributed by atoms with Crippen molar-refractivity contribution in [3.8, 4) is 0 Å². The molecule has 1 aliphatic rings. The maximum atomic E-state index is 12.2. The number of likely N-dealkylation sites (N-methyl/N-ethyl adjacent to an activating group) is 1. The Morgan fingerprint density at radius 1 is 1.39 bits per heavy atom. The van der Waals surface area contributed by atoms with E-state index >= 15 is 0 Å². The predicted molar refractivity (Wildman–Crippen MR) is 75.5 cm³/mol. The fraction of sp³-hybridized carbons (Fsp3) is 0.929. The number of nitrogens with two attached hydrogens (primary N) is 1. The quantitative estimate of drug-likeness (QED) is 0.792. The average Bonchev–Trinajstić information content (AvgIpc) is 2.39. The number of nitrogens with zero attached hydrogens (tertiary/aromatic N) is 1. The van der Waals surface area contributed by atoms with Gasteiger partial charge in [-0.15, -0.1) is 0 Å². The first-order valence-corrected chi connectivity index (χ1v) is 7.35. The highest BCUT2D eigenvalue weighted by Gasteiger charge is 2.40. The lowest BCUT2D eigenvalue weighted by molar-refractivity contribution is 0.0750. The van der Waals surface area contributed by atoms with E-state index in [0.29, 0.717) is 6.54 Å². The van der Waals surface area contributed by atoms with Gasteiger partial charge in [-0.05, 0) is 44.9 Å². The minimum absolute atomic E-state index is 0.0550. The standard InChI is InChI=1S/C14H29N3O/c1-4-10-16-13(18)17(5-2)14(11-15)8-6-12(3)7-9-14/h12H,4-11,15H2,1-3H3,(H,16,18). The maximum absolute atomic E-state index is 12.2. The van der Waals surface area contributed by atoms with E-state index in [1.54, 1.807) is 0 Å². The van der Waals surface area contributed by atoms with Crippen LogP contribution in [-0.2, 0) is 0 Å². The molecule has 1 saturated carbocycles. The molecule has 0 spiro atoms.